The predicted octanol–water partition coefficient (Wildman–Crippen LogP) is 0.255. The van der Waals surface area contributed by atoms with Crippen LogP contribution in [0.3, 0.4) is 0 Å². The first kappa shape index (κ1) is 11.8. The first-order valence-corrected chi connectivity index (χ1v) is 6.07. The van der Waals surface area contributed by atoms with Crippen LogP contribution in [0.15, 0.2) is 12.7 Å². The summed E-state index contributed by atoms with van der Waals surface area (Å²) in [6.07, 6.45) is 5.31. The van der Waals surface area contributed by atoms with Gasteiger partial charge in [-0.25, -0.2) is 20.4 Å². The number of amides is 1. The molecule has 2 heterocycles. The van der Waals surface area contributed by atoms with Crippen molar-refractivity contribution >= 4 is 22.9 Å². The van der Waals surface area contributed by atoms with Crippen molar-refractivity contribution in [3.8, 4) is 0 Å². The monoisotopic (exact) mass is 262 g/mol. The number of nitrogens with two attached hydrogens (primary N) is 1. The molecule has 19 heavy (non-hydrogen) atoms. The number of anilines is 1. The number of carbonyl (C=O) groups excluding carboxylic acids is 1. The Morgan fingerprint density at radius 1 is 1.42 bits per heavy atom. The Morgan fingerprint density at radius 2 is 2.26 bits per heavy atom. The molecule has 1 amide bonds. The Kier molecular flexibility index (Phi) is 2.79. The number of nitrogens with one attached hydrogen (secondary N) is 1. The van der Waals surface area contributed by atoms with Crippen molar-refractivity contribution in [3.63, 3.8) is 0 Å². The van der Waals surface area contributed by atoms with Gasteiger partial charge in [0.2, 0.25) is 5.91 Å². The number of imidazole rings is 1. The van der Waals surface area contributed by atoms with Crippen LogP contribution >= 0.6 is 0 Å². The Labute approximate surface area is 108 Å². The highest BCUT2D eigenvalue weighted by atomic mass is 16.5. The summed E-state index contributed by atoms with van der Waals surface area (Å²) < 4.78 is 1.93. The molecule has 0 bridgehead atoms. The lowest BCUT2D eigenvalue weighted by molar-refractivity contribution is -0.133. The Hall–Kier alpha value is -2.22. The standard InChI is InChI=1S/C11H14N6O2/c12-9-8-10(14-4-13-9)17(5-15-8)7-2-1-6(3-7)11(18)16-19/h4-7,19H,1-3H2,(H,16,18)(H2,12,13,14)/t6-,7+/m0/s1. The van der Waals surface area contributed by atoms with Crippen molar-refractivity contribution in [2.75, 3.05) is 5.73 Å². The molecule has 2 aromatic rings. The van der Waals surface area contributed by atoms with Crippen LogP contribution in [0.4, 0.5) is 5.82 Å². The van der Waals surface area contributed by atoms with Crippen molar-refractivity contribution in [2.45, 2.75) is 25.3 Å². The van der Waals surface area contributed by atoms with Crippen LogP contribution in [0.2, 0.25) is 0 Å². The molecule has 1 aliphatic carbocycles. The molecule has 2 aromatic heterocycles. The summed E-state index contributed by atoms with van der Waals surface area (Å²) >= 11 is 0. The van der Waals surface area contributed by atoms with E-state index in [-0.39, 0.29) is 17.9 Å². The van der Waals surface area contributed by atoms with Gasteiger partial charge in [0.25, 0.3) is 0 Å². The molecule has 0 saturated heterocycles. The predicted molar refractivity (Wildman–Crippen MR) is 66.0 cm³/mol. The van der Waals surface area contributed by atoms with Gasteiger partial charge in [0, 0.05) is 12.0 Å². The van der Waals surface area contributed by atoms with E-state index in [4.69, 9.17) is 10.9 Å². The van der Waals surface area contributed by atoms with Gasteiger partial charge in [0.05, 0.1) is 6.33 Å². The van der Waals surface area contributed by atoms with Gasteiger partial charge >= 0.3 is 0 Å². The van der Waals surface area contributed by atoms with Crippen LogP contribution in [-0.2, 0) is 4.79 Å². The average molecular weight is 262 g/mol. The number of carbonyl (C=O) groups is 1. The van der Waals surface area contributed by atoms with Crippen molar-refractivity contribution in [2.24, 2.45) is 5.92 Å². The lowest BCUT2D eigenvalue weighted by atomic mass is 10.1. The second-order valence-corrected chi connectivity index (χ2v) is 4.72. The number of nitrogens with zero attached hydrogens (tertiary/aromatic N) is 4. The van der Waals surface area contributed by atoms with Gasteiger partial charge in [-0.3, -0.25) is 10.0 Å². The molecular weight excluding hydrogens is 248 g/mol. The molecule has 100 valence electrons. The molecule has 2 atom stereocenters. The van der Waals surface area contributed by atoms with E-state index >= 15 is 0 Å². The molecule has 1 saturated carbocycles. The number of fused-ring (bicyclic) bond motifs is 1. The highest BCUT2D eigenvalue weighted by Gasteiger charge is 2.31. The van der Waals surface area contributed by atoms with Crippen molar-refractivity contribution in [1.82, 2.24) is 25.0 Å². The summed E-state index contributed by atoms with van der Waals surface area (Å²) in [7, 11) is 0. The summed E-state index contributed by atoms with van der Waals surface area (Å²) in [5.41, 5.74) is 8.71. The quantitative estimate of drug-likeness (QED) is 0.527. The highest BCUT2D eigenvalue weighted by molar-refractivity contribution is 5.81. The van der Waals surface area contributed by atoms with Gasteiger partial charge in [-0.1, -0.05) is 0 Å². The molecule has 1 aliphatic rings. The van der Waals surface area contributed by atoms with Crippen LogP contribution in [0.25, 0.3) is 11.2 Å². The van der Waals surface area contributed by atoms with E-state index in [2.05, 4.69) is 15.0 Å². The van der Waals surface area contributed by atoms with E-state index in [1.807, 2.05) is 4.57 Å². The first-order chi connectivity index (χ1) is 9.20. The van der Waals surface area contributed by atoms with Gasteiger partial charge in [-0.05, 0) is 19.3 Å². The molecule has 4 N–H and O–H groups in total. The largest absolute Gasteiger partial charge is 0.382 e. The number of rotatable bonds is 2. The molecule has 0 aliphatic heterocycles. The zero-order valence-electron chi connectivity index (χ0n) is 10.2. The second kappa shape index (κ2) is 4.47. The Bertz CT molecular complexity index is 625. The van der Waals surface area contributed by atoms with Crippen molar-refractivity contribution in [3.05, 3.63) is 12.7 Å². The maximum absolute atomic E-state index is 11.4. The van der Waals surface area contributed by atoms with Crippen LogP contribution in [0.1, 0.15) is 25.3 Å². The second-order valence-electron chi connectivity index (χ2n) is 4.72. The van der Waals surface area contributed by atoms with Gasteiger partial charge < -0.3 is 10.3 Å². The van der Waals surface area contributed by atoms with E-state index in [1.54, 1.807) is 11.8 Å². The van der Waals surface area contributed by atoms with E-state index in [0.717, 1.165) is 12.8 Å². The molecule has 0 aromatic carbocycles. The SMILES string of the molecule is Nc1ncnc2c1ncn2[C@@H]1CC[C@H](C(=O)NO)C1. The van der Waals surface area contributed by atoms with E-state index < -0.39 is 0 Å². The van der Waals surface area contributed by atoms with Crippen LogP contribution in [0, 0.1) is 5.92 Å². The van der Waals surface area contributed by atoms with E-state index in [9.17, 15) is 4.79 Å². The molecule has 8 nitrogen and oxygen atoms in total. The molecule has 1 fully saturated rings. The molecule has 8 heteroatoms. The fourth-order valence-electron chi connectivity index (χ4n) is 2.68. The van der Waals surface area contributed by atoms with Gasteiger partial charge in [-0.15, -0.1) is 0 Å². The van der Waals surface area contributed by atoms with Gasteiger partial charge in [-0.2, -0.15) is 0 Å². The van der Waals surface area contributed by atoms with Gasteiger partial charge in [0.15, 0.2) is 11.5 Å². The molecule has 0 radical (unpaired) electrons. The molecule has 0 unspecified atom stereocenters. The topological polar surface area (TPSA) is 119 Å². The first-order valence-electron chi connectivity index (χ1n) is 6.07. The minimum atomic E-state index is -0.332. The lowest BCUT2D eigenvalue weighted by Gasteiger charge is -2.12. The third kappa shape index (κ3) is 1.89. The zero-order valence-corrected chi connectivity index (χ0v) is 10.2. The fourth-order valence-corrected chi connectivity index (χ4v) is 2.68. The van der Waals surface area contributed by atoms with Crippen LogP contribution < -0.4 is 11.2 Å². The number of hydrogen-bond acceptors (Lipinski definition) is 6. The molecular formula is C11H14N6O2. The normalized spacial score (nSPS) is 22.8. The highest BCUT2D eigenvalue weighted by Crippen LogP contribution is 2.36. The zero-order chi connectivity index (χ0) is 13.4. The fraction of sp³-hybridized carbons (Fsp3) is 0.455. The average Bonchev–Trinajstić information content (AvgIpc) is 3.04. The van der Waals surface area contributed by atoms with Gasteiger partial charge in [0.1, 0.15) is 11.8 Å². The maximum atomic E-state index is 11.4. The van der Waals surface area contributed by atoms with Crippen molar-refractivity contribution < 1.29 is 10.0 Å². The number of hydrogen-bond donors (Lipinski definition) is 3. The number of aromatic nitrogens is 4. The van der Waals surface area contributed by atoms with Crippen LogP contribution in [-0.4, -0.2) is 30.6 Å². The minimum absolute atomic E-state index is 0.140. The Morgan fingerprint density at radius 3 is 3.05 bits per heavy atom. The maximum Gasteiger partial charge on any atom is 0.246 e. The smallest absolute Gasteiger partial charge is 0.246 e. The third-order valence-corrected chi connectivity index (χ3v) is 3.67. The van der Waals surface area contributed by atoms with Crippen molar-refractivity contribution in [1.29, 1.82) is 0 Å². The number of nitrogen functional groups attached to an aromatic ring is 1. The number of hydroxylamine groups is 1. The molecule has 0 spiro atoms. The van der Waals surface area contributed by atoms with E-state index in [0.29, 0.717) is 23.4 Å². The third-order valence-electron chi connectivity index (χ3n) is 3.67. The lowest BCUT2D eigenvalue weighted by Crippen LogP contribution is -2.26. The summed E-state index contributed by atoms with van der Waals surface area (Å²) in [5, 5.41) is 8.66. The summed E-state index contributed by atoms with van der Waals surface area (Å²) in [5.74, 6) is -0.154. The summed E-state index contributed by atoms with van der Waals surface area (Å²) in [6.45, 7) is 0. The van der Waals surface area contributed by atoms with Crippen LogP contribution in [0.5, 0.6) is 0 Å². The molecule has 3 rings (SSSR count). The summed E-state index contributed by atoms with van der Waals surface area (Å²) in [4.78, 5) is 23.7. The summed E-state index contributed by atoms with van der Waals surface area (Å²) in [6, 6.07) is 0.140. The Balaban J connectivity index is 1.90. The van der Waals surface area contributed by atoms with E-state index in [1.165, 1.54) is 6.33 Å². The minimum Gasteiger partial charge on any atom is -0.382 e.